The molecule has 4 heteroatoms. The highest BCUT2D eigenvalue weighted by molar-refractivity contribution is 5.37. The van der Waals surface area contributed by atoms with Crippen molar-refractivity contribution in [3.63, 3.8) is 0 Å². The third kappa shape index (κ3) is 11.6. The second-order valence-corrected chi connectivity index (χ2v) is 5.80. The minimum Gasteiger partial charge on any atom is -0.462 e. The molecule has 1 heterocycles. The molecule has 4 nitrogen and oxygen atoms in total. The predicted octanol–water partition coefficient (Wildman–Crippen LogP) is 1.51. The molecule has 0 bridgehead atoms. The number of nitrogens with one attached hydrogen (secondary N) is 1. The van der Waals surface area contributed by atoms with Crippen LogP contribution in [0, 0.1) is 5.92 Å². The average molecular weight is 244 g/mol. The normalized spacial score (nSPS) is 20.5. The Morgan fingerprint density at radius 1 is 1.41 bits per heavy atom. The fraction of sp³-hybridized carbons (Fsp3) is 0.923. The minimum absolute atomic E-state index is 0.318. The lowest BCUT2D eigenvalue weighted by atomic mass is 9.99. The summed E-state index contributed by atoms with van der Waals surface area (Å²) in [4.78, 5) is 11.9. The van der Waals surface area contributed by atoms with Crippen molar-refractivity contribution in [2.24, 2.45) is 5.92 Å². The van der Waals surface area contributed by atoms with Gasteiger partial charge >= 0.3 is 0 Å². The van der Waals surface area contributed by atoms with Crippen LogP contribution in [0.4, 0.5) is 0 Å². The van der Waals surface area contributed by atoms with Gasteiger partial charge < -0.3 is 15.0 Å². The number of rotatable bonds is 3. The number of piperidine rings is 1. The summed E-state index contributed by atoms with van der Waals surface area (Å²) in [6.07, 6.45) is 2.77. The highest BCUT2D eigenvalue weighted by atomic mass is 16.5. The zero-order valence-corrected chi connectivity index (χ0v) is 12.0. The van der Waals surface area contributed by atoms with Crippen molar-refractivity contribution in [2.75, 3.05) is 33.7 Å². The SMILES string of the molecule is CC(C)(C)OC=O.CN(C)CC1CCCNC1. The van der Waals surface area contributed by atoms with E-state index in [2.05, 4.69) is 29.0 Å². The Morgan fingerprint density at radius 3 is 2.35 bits per heavy atom. The molecule has 1 rings (SSSR count). The van der Waals surface area contributed by atoms with E-state index in [1.807, 2.05) is 20.8 Å². The van der Waals surface area contributed by atoms with Gasteiger partial charge in [-0.1, -0.05) is 0 Å². The van der Waals surface area contributed by atoms with E-state index in [0.717, 1.165) is 5.92 Å². The molecule has 0 radical (unpaired) electrons. The number of carbonyl (C=O) groups excluding carboxylic acids is 1. The van der Waals surface area contributed by atoms with Crippen molar-refractivity contribution >= 4 is 6.47 Å². The summed E-state index contributed by atoms with van der Waals surface area (Å²) >= 11 is 0. The van der Waals surface area contributed by atoms with E-state index in [-0.39, 0.29) is 5.60 Å². The molecule has 1 unspecified atom stereocenters. The summed E-state index contributed by atoms with van der Waals surface area (Å²) < 4.78 is 4.55. The third-order valence-corrected chi connectivity index (χ3v) is 2.42. The summed E-state index contributed by atoms with van der Waals surface area (Å²) in [5.74, 6) is 0.892. The lowest BCUT2D eigenvalue weighted by Crippen LogP contribution is -2.35. The van der Waals surface area contributed by atoms with Gasteiger partial charge in [0.05, 0.1) is 0 Å². The van der Waals surface area contributed by atoms with E-state index in [0.29, 0.717) is 6.47 Å². The van der Waals surface area contributed by atoms with Crippen LogP contribution in [-0.2, 0) is 9.53 Å². The number of carbonyl (C=O) groups is 1. The van der Waals surface area contributed by atoms with Crippen molar-refractivity contribution in [1.82, 2.24) is 10.2 Å². The second kappa shape index (κ2) is 8.48. The maximum Gasteiger partial charge on any atom is 0.293 e. The molecular formula is C13H28N2O2. The zero-order chi connectivity index (χ0) is 13.3. The molecule has 0 aromatic heterocycles. The van der Waals surface area contributed by atoms with E-state index >= 15 is 0 Å². The van der Waals surface area contributed by atoms with Crippen LogP contribution in [0.3, 0.4) is 0 Å². The summed E-state index contributed by atoms with van der Waals surface area (Å²) in [6, 6.07) is 0. The first-order valence-electron chi connectivity index (χ1n) is 6.32. The Labute approximate surface area is 106 Å². The number of hydrogen-bond donors (Lipinski definition) is 1. The van der Waals surface area contributed by atoms with E-state index in [1.54, 1.807) is 0 Å². The van der Waals surface area contributed by atoms with Gasteiger partial charge in [-0.05, 0) is 66.7 Å². The summed E-state index contributed by atoms with van der Waals surface area (Å²) in [5, 5.41) is 3.41. The maximum atomic E-state index is 9.60. The Kier molecular flexibility index (Phi) is 8.17. The molecule has 0 aromatic carbocycles. The largest absolute Gasteiger partial charge is 0.462 e. The number of hydrogen-bond acceptors (Lipinski definition) is 4. The van der Waals surface area contributed by atoms with Gasteiger partial charge in [0, 0.05) is 6.54 Å². The number of nitrogens with zero attached hydrogens (tertiary/aromatic N) is 1. The van der Waals surface area contributed by atoms with Gasteiger partial charge in [-0.15, -0.1) is 0 Å². The van der Waals surface area contributed by atoms with Crippen LogP contribution >= 0.6 is 0 Å². The molecule has 1 aliphatic rings. The van der Waals surface area contributed by atoms with Crippen LogP contribution in [0.25, 0.3) is 0 Å². The minimum atomic E-state index is -0.318. The van der Waals surface area contributed by atoms with Crippen LogP contribution in [0.5, 0.6) is 0 Å². The molecule has 1 aliphatic heterocycles. The van der Waals surface area contributed by atoms with E-state index in [9.17, 15) is 4.79 Å². The predicted molar refractivity (Wildman–Crippen MR) is 71.0 cm³/mol. The molecule has 102 valence electrons. The highest BCUT2D eigenvalue weighted by Crippen LogP contribution is 2.09. The molecule has 1 atom stereocenters. The van der Waals surface area contributed by atoms with Gasteiger partial charge in [0.25, 0.3) is 6.47 Å². The van der Waals surface area contributed by atoms with E-state index < -0.39 is 0 Å². The van der Waals surface area contributed by atoms with Gasteiger partial charge in [-0.3, -0.25) is 4.79 Å². The van der Waals surface area contributed by atoms with Crippen LogP contribution < -0.4 is 5.32 Å². The van der Waals surface area contributed by atoms with Gasteiger partial charge in [0.15, 0.2) is 0 Å². The Balaban J connectivity index is 0.000000325. The quantitative estimate of drug-likeness (QED) is 0.764. The summed E-state index contributed by atoms with van der Waals surface area (Å²) in [5.41, 5.74) is -0.318. The summed E-state index contributed by atoms with van der Waals surface area (Å²) in [7, 11) is 4.29. The van der Waals surface area contributed by atoms with Crippen molar-refractivity contribution < 1.29 is 9.53 Å². The van der Waals surface area contributed by atoms with Gasteiger partial charge in [0.1, 0.15) is 5.60 Å². The monoisotopic (exact) mass is 244 g/mol. The van der Waals surface area contributed by atoms with Crippen LogP contribution in [0.1, 0.15) is 33.6 Å². The molecule has 0 aromatic rings. The molecular weight excluding hydrogens is 216 g/mol. The fourth-order valence-corrected chi connectivity index (χ4v) is 1.74. The smallest absolute Gasteiger partial charge is 0.293 e. The Bertz CT molecular complexity index is 194. The molecule has 0 amide bonds. The molecule has 17 heavy (non-hydrogen) atoms. The lowest BCUT2D eigenvalue weighted by Gasteiger charge is -2.25. The van der Waals surface area contributed by atoms with Crippen molar-refractivity contribution in [2.45, 2.75) is 39.2 Å². The summed E-state index contributed by atoms with van der Waals surface area (Å²) in [6.45, 7) is 9.61. The maximum absolute atomic E-state index is 9.60. The fourth-order valence-electron chi connectivity index (χ4n) is 1.74. The molecule has 1 N–H and O–H groups in total. The topological polar surface area (TPSA) is 41.6 Å². The lowest BCUT2D eigenvalue weighted by molar-refractivity contribution is -0.138. The van der Waals surface area contributed by atoms with Crippen molar-refractivity contribution in [3.8, 4) is 0 Å². The average Bonchev–Trinajstić information content (AvgIpc) is 2.17. The number of ether oxygens (including phenoxy) is 1. The van der Waals surface area contributed by atoms with E-state index in [1.165, 1.54) is 32.5 Å². The van der Waals surface area contributed by atoms with Crippen LogP contribution in [-0.4, -0.2) is 50.7 Å². The Morgan fingerprint density at radius 2 is 2.06 bits per heavy atom. The third-order valence-electron chi connectivity index (χ3n) is 2.42. The second-order valence-electron chi connectivity index (χ2n) is 5.80. The van der Waals surface area contributed by atoms with Gasteiger partial charge in [-0.25, -0.2) is 0 Å². The van der Waals surface area contributed by atoms with Crippen molar-refractivity contribution in [1.29, 1.82) is 0 Å². The first-order valence-corrected chi connectivity index (χ1v) is 6.32. The van der Waals surface area contributed by atoms with Gasteiger partial charge in [0.2, 0.25) is 0 Å². The van der Waals surface area contributed by atoms with Crippen molar-refractivity contribution in [3.05, 3.63) is 0 Å². The molecule has 1 fully saturated rings. The molecule has 0 saturated carbocycles. The first kappa shape index (κ1) is 16.4. The molecule has 0 spiro atoms. The van der Waals surface area contributed by atoms with Crippen LogP contribution in [0.15, 0.2) is 0 Å². The Hall–Kier alpha value is -0.610. The van der Waals surface area contributed by atoms with E-state index in [4.69, 9.17) is 0 Å². The highest BCUT2D eigenvalue weighted by Gasteiger charge is 2.12. The first-order chi connectivity index (χ1) is 7.85. The zero-order valence-electron chi connectivity index (χ0n) is 12.0. The standard InChI is InChI=1S/C8H18N2.C5H10O2/c1-10(2)7-8-4-3-5-9-6-8;1-5(2,3)7-4-6/h8-9H,3-7H2,1-2H3;4H,1-3H3. The molecule has 0 aliphatic carbocycles. The van der Waals surface area contributed by atoms with Crippen LogP contribution in [0.2, 0.25) is 0 Å². The molecule has 1 saturated heterocycles. The van der Waals surface area contributed by atoms with Gasteiger partial charge in [-0.2, -0.15) is 0 Å².